The summed E-state index contributed by atoms with van der Waals surface area (Å²) in [6.45, 7) is 0. The molecule has 0 aliphatic heterocycles. The molecule has 3 nitrogen and oxygen atoms in total. The van der Waals surface area contributed by atoms with Crippen molar-refractivity contribution >= 4 is 21.9 Å². The Morgan fingerprint density at radius 2 is 1.79 bits per heavy atom. The van der Waals surface area contributed by atoms with Crippen LogP contribution in [-0.2, 0) is 0 Å². The summed E-state index contributed by atoms with van der Waals surface area (Å²) in [4.78, 5) is 10.8. The Balaban J connectivity index is 2.40. The molecule has 2 aromatic rings. The number of halogens is 3. The summed E-state index contributed by atoms with van der Waals surface area (Å²) in [5, 5.41) is 8.82. The zero-order chi connectivity index (χ0) is 14.0. The summed E-state index contributed by atoms with van der Waals surface area (Å²) in [6.07, 6.45) is 0. The number of rotatable bonds is 3. The average Bonchev–Trinajstić information content (AvgIpc) is 2.37. The highest BCUT2D eigenvalue weighted by Gasteiger charge is 2.17. The van der Waals surface area contributed by atoms with Crippen molar-refractivity contribution < 1.29 is 23.4 Å². The van der Waals surface area contributed by atoms with Crippen molar-refractivity contribution in [3.8, 4) is 11.5 Å². The van der Waals surface area contributed by atoms with Crippen molar-refractivity contribution in [1.29, 1.82) is 0 Å². The molecule has 0 radical (unpaired) electrons. The summed E-state index contributed by atoms with van der Waals surface area (Å²) in [7, 11) is 0. The molecule has 0 fully saturated rings. The van der Waals surface area contributed by atoms with E-state index in [-0.39, 0.29) is 21.5 Å². The van der Waals surface area contributed by atoms with Crippen molar-refractivity contribution in [2.75, 3.05) is 0 Å². The van der Waals surface area contributed by atoms with Gasteiger partial charge in [-0.1, -0.05) is 12.1 Å². The number of benzene rings is 2. The molecule has 0 heterocycles. The molecule has 2 aromatic carbocycles. The third-order valence-corrected chi connectivity index (χ3v) is 3.11. The Labute approximate surface area is 115 Å². The van der Waals surface area contributed by atoms with Gasteiger partial charge in [0.05, 0.1) is 10.0 Å². The molecule has 0 aliphatic rings. The summed E-state index contributed by atoms with van der Waals surface area (Å²) >= 11 is 2.83. The Kier molecular flexibility index (Phi) is 3.80. The minimum Gasteiger partial charge on any atom is -0.478 e. The van der Waals surface area contributed by atoms with E-state index in [1.807, 2.05) is 0 Å². The predicted octanol–water partition coefficient (Wildman–Crippen LogP) is 4.22. The van der Waals surface area contributed by atoms with E-state index in [4.69, 9.17) is 9.84 Å². The minimum absolute atomic E-state index is 0.142. The lowest BCUT2D eigenvalue weighted by Gasteiger charge is -2.09. The number of aromatic carboxylic acids is 1. The molecular weight excluding hydrogens is 322 g/mol. The van der Waals surface area contributed by atoms with Gasteiger partial charge in [-0.2, -0.15) is 0 Å². The number of carboxylic acids is 1. The second-order valence-electron chi connectivity index (χ2n) is 3.58. The second-order valence-corrected chi connectivity index (χ2v) is 4.37. The van der Waals surface area contributed by atoms with Crippen molar-refractivity contribution in [2.24, 2.45) is 0 Å². The maximum Gasteiger partial charge on any atom is 0.336 e. The van der Waals surface area contributed by atoms with Crippen LogP contribution in [0.3, 0.4) is 0 Å². The fraction of sp³-hybridized carbons (Fsp3) is 0. The molecule has 0 bridgehead atoms. The lowest BCUT2D eigenvalue weighted by Crippen LogP contribution is -2.01. The summed E-state index contributed by atoms with van der Waals surface area (Å²) in [5.74, 6) is -3.22. The summed E-state index contributed by atoms with van der Waals surface area (Å²) < 4.78 is 32.1. The Hall–Kier alpha value is -1.95. The van der Waals surface area contributed by atoms with Crippen LogP contribution in [0, 0.1) is 11.6 Å². The van der Waals surface area contributed by atoms with Gasteiger partial charge in [-0.15, -0.1) is 0 Å². The third-order valence-electron chi connectivity index (χ3n) is 2.33. The molecule has 98 valence electrons. The number of hydrogen-bond acceptors (Lipinski definition) is 2. The molecule has 0 unspecified atom stereocenters. The lowest BCUT2D eigenvalue weighted by molar-refractivity contribution is 0.0695. The van der Waals surface area contributed by atoms with E-state index in [1.165, 1.54) is 30.3 Å². The van der Waals surface area contributed by atoms with Gasteiger partial charge in [0, 0.05) is 0 Å². The van der Waals surface area contributed by atoms with Gasteiger partial charge in [-0.25, -0.2) is 13.6 Å². The van der Waals surface area contributed by atoms with Gasteiger partial charge in [-0.3, -0.25) is 0 Å². The molecule has 0 amide bonds. The first-order valence-corrected chi connectivity index (χ1v) is 5.93. The molecule has 6 heteroatoms. The largest absolute Gasteiger partial charge is 0.478 e. The van der Waals surface area contributed by atoms with Crippen LogP contribution in [0.2, 0.25) is 0 Å². The first-order chi connectivity index (χ1) is 9.00. The molecule has 0 saturated heterocycles. The molecule has 1 N–H and O–H groups in total. The van der Waals surface area contributed by atoms with E-state index in [9.17, 15) is 13.6 Å². The van der Waals surface area contributed by atoms with Crippen LogP contribution in [0.4, 0.5) is 8.78 Å². The number of ether oxygens (including phenoxy) is 1. The quantitative estimate of drug-likeness (QED) is 0.917. The standard InChI is InChI=1S/C13H7BrF2O3/c14-11-7(13(17)18)5-6-10(12(11)16)19-9-4-2-1-3-8(9)15/h1-6H,(H,17,18). The van der Waals surface area contributed by atoms with Gasteiger partial charge in [0.25, 0.3) is 0 Å². The molecule has 0 atom stereocenters. The van der Waals surface area contributed by atoms with Gasteiger partial charge < -0.3 is 9.84 Å². The number of hydrogen-bond donors (Lipinski definition) is 1. The zero-order valence-electron chi connectivity index (χ0n) is 9.36. The van der Waals surface area contributed by atoms with E-state index in [0.717, 1.165) is 6.07 Å². The highest BCUT2D eigenvalue weighted by molar-refractivity contribution is 9.10. The van der Waals surface area contributed by atoms with E-state index in [1.54, 1.807) is 0 Å². The van der Waals surface area contributed by atoms with Crippen LogP contribution >= 0.6 is 15.9 Å². The van der Waals surface area contributed by atoms with Crippen molar-refractivity contribution in [3.05, 3.63) is 58.1 Å². The average molecular weight is 329 g/mol. The van der Waals surface area contributed by atoms with Gasteiger partial charge in [0.15, 0.2) is 23.1 Å². The topological polar surface area (TPSA) is 46.5 Å². The van der Waals surface area contributed by atoms with E-state index >= 15 is 0 Å². The monoisotopic (exact) mass is 328 g/mol. The van der Waals surface area contributed by atoms with Crippen molar-refractivity contribution in [3.63, 3.8) is 0 Å². The highest BCUT2D eigenvalue weighted by atomic mass is 79.9. The zero-order valence-corrected chi connectivity index (χ0v) is 10.9. The van der Waals surface area contributed by atoms with Crippen LogP contribution in [0.5, 0.6) is 11.5 Å². The van der Waals surface area contributed by atoms with Crippen molar-refractivity contribution in [2.45, 2.75) is 0 Å². The second kappa shape index (κ2) is 5.36. The highest BCUT2D eigenvalue weighted by Crippen LogP contribution is 2.32. The van der Waals surface area contributed by atoms with E-state index in [0.29, 0.717) is 0 Å². The fourth-order valence-electron chi connectivity index (χ4n) is 1.42. The van der Waals surface area contributed by atoms with Gasteiger partial charge in [0.2, 0.25) is 0 Å². The van der Waals surface area contributed by atoms with Crippen molar-refractivity contribution in [1.82, 2.24) is 0 Å². The maximum absolute atomic E-state index is 13.9. The van der Waals surface area contributed by atoms with Gasteiger partial charge in [-0.05, 0) is 40.2 Å². The normalized spacial score (nSPS) is 10.3. The Morgan fingerprint density at radius 3 is 2.42 bits per heavy atom. The first-order valence-electron chi connectivity index (χ1n) is 5.14. The number of carbonyl (C=O) groups is 1. The first kappa shape index (κ1) is 13.5. The molecule has 0 spiro atoms. The number of para-hydroxylation sites is 1. The molecular formula is C13H7BrF2O3. The molecule has 19 heavy (non-hydrogen) atoms. The van der Waals surface area contributed by atoms with Gasteiger partial charge in [0.1, 0.15) is 0 Å². The third kappa shape index (κ3) is 2.73. The van der Waals surface area contributed by atoms with Crippen LogP contribution < -0.4 is 4.74 Å². The fourth-order valence-corrected chi connectivity index (χ4v) is 1.92. The maximum atomic E-state index is 13.9. The van der Waals surface area contributed by atoms with Gasteiger partial charge >= 0.3 is 5.97 Å². The Morgan fingerprint density at radius 1 is 1.11 bits per heavy atom. The van der Waals surface area contributed by atoms with Crippen LogP contribution in [0.1, 0.15) is 10.4 Å². The van der Waals surface area contributed by atoms with E-state index < -0.39 is 17.6 Å². The van der Waals surface area contributed by atoms with Crippen LogP contribution in [0.15, 0.2) is 40.9 Å². The van der Waals surface area contributed by atoms with E-state index in [2.05, 4.69) is 15.9 Å². The summed E-state index contributed by atoms with van der Waals surface area (Å²) in [5.41, 5.74) is -0.238. The summed E-state index contributed by atoms with van der Waals surface area (Å²) in [6, 6.07) is 7.84. The van der Waals surface area contributed by atoms with Crippen LogP contribution in [0.25, 0.3) is 0 Å². The lowest BCUT2D eigenvalue weighted by atomic mass is 10.2. The predicted molar refractivity (Wildman–Crippen MR) is 67.5 cm³/mol. The van der Waals surface area contributed by atoms with Crippen LogP contribution in [-0.4, -0.2) is 11.1 Å². The smallest absolute Gasteiger partial charge is 0.336 e. The molecule has 0 saturated carbocycles. The Bertz CT molecular complexity index is 644. The molecule has 0 aromatic heterocycles. The molecule has 0 aliphatic carbocycles. The number of carboxylic acid groups (broad SMARTS) is 1. The molecule has 2 rings (SSSR count). The minimum atomic E-state index is -1.27. The SMILES string of the molecule is O=C(O)c1ccc(Oc2ccccc2F)c(F)c1Br.